The Kier molecular flexibility index (Phi) is 4.75. The molecule has 21 heavy (non-hydrogen) atoms. The molecule has 1 unspecified atom stereocenters. The minimum absolute atomic E-state index is 0.151. The predicted octanol–water partition coefficient (Wildman–Crippen LogP) is 2.21. The van der Waals surface area contributed by atoms with Gasteiger partial charge in [-0.25, -0.2) is 4.98 Å². The number of aromatic amines is 1. The normalized spacial score (nSPS) is 13.7. The molecular weight excluding hydrogens is 264 g/mol. The molecule has 1 heterocycles. The predicted molar refractivity (Wildman–Crippen MR) is 83.4 cm³/mol. The Morgan fingerprint density at radius 3 is 2.76 bits per heavy atom. The van der Waals surface area contributed by atoms with Crippen molar-refractivity contribution in [2.45, 2.75) is 38.8 Å². The summed E-state index contributed by atoms with van der Waals surface area (Å²) in [5.74, 6) is 0.566. The van der Waals surface area contributed by atoms with Crippen LogP contribution in [0.4, 0.5) is 0 Å². The number of imidazole rings is 1. The average Bonchev–Trinajstić information content (AvgIpc) is 2.94. The van der Waals surface area contributed by atoms with Crippen LogP contribution >= 0.6 is 0 Å². The number of H-pyrrole nitrogens is 1. The lowest BCUT2D eigenvalue weighted by molar-refractivity contribution is -0.126. The summed E-state index contributed by atoms with van der Waals surface area (Å²) in [6, 6.07) is 9.93. The monoisotopic (exact) mass is 286 g/mol. The van der Waals surface area contributed by atoms with E-state index in [0.717, 1.165) is 23.5 Å². The van der Waals surface area contributed by atoms with Crippen molar-refractivity contribution >= 4 is 5.91 Å². The van der Waals surface area contributed by atoms with Gasteiger partial charge in [0.05, 0.1) is 24.0 Å². The molecule has 0 aliphatic rings. The summed E-state index contributed by atoms with van der Waals surface area (Å²) >= 11 is 0. The highest BCUT2D eigenvalue weighted by molar-refractivity contribution is 5.85. The maximum absolute atomic E-state index is 12.0. The van der Waals surface area contributed by atoms with Gasteiger partial charge in [0.1, 0.15) is 5.82 Å². The number of aromatic nitrogens is 2. The van der Waals surface area contributed by atoms with Crippen molar-refractivity contribution in [3.63, 3.8) is 0 Å². The largest absolute Gasteiger partial charge is 0.347 e. The Morgan fingerprint density at radius 2 is 2.10 bits per heavy atom. The molecule has 0 bridgehead atoms. The molecule has 5 nitrogen and oxygen atoms in total. The van der Waals surface area contributed by atoms with Crippen LogP contribution < -0.4 is 11.1 Å². The third kappa shape index (κ3) is 3.92. The van der Waals surface area contributed by atoms with Gasteiger partial charge in [0.15, 0.2) is 0 Å². The highest BCUT2D eigenvalue weighted by atomic mass is 16.2. The molecular formula is C16H22N4O. The van der Waals surface area contributed by atoms with Gasteiger partial charge in [-0.05, 0) is 18.9 Å². The fourth-order valence-electron chi connectivity index (χ4n) is 2.22. The molecule has 0 saturated heterocycles. The second kappa shape index (κ2) is 6.54. The Bertz CT molecular complexity index is 589. The van der Waals surface area contributed by atoms with Crippen LogP contribution in [0.25, 0.3) is 11.3 Å². The van der Waals surface area contributed by atoms with Crippen LogP contribution in [0.2, 0.25) is 0 Å². The zero-order valence-corrected chi connectivity index (χ0v) is 12.5. The molecule has 5 heteroatoms. The molecule has 1 atom stereocenters. The second-order valence-electron chi connectivity index (χ2n) is 5.46. The van der Waals surface area contributed by atoms with E-state index in [1.165, 1.54) is 0 Å². The van der Waals surface area contributed by atoms with Crippen LogP contribution in [0.3, 0.4) is 0 Å². The first-order valence-electron chi connectivity index (χ1n) is 7.19. The van der Waals surface area contributed by atoms with Crippen molar-refractivity contribution in [2.24, 2.45) is 5.73 Å². The standard InChI is InChI=1S/C16H22N4O/c1-3-9-16(2,17)15(21)19-11-14-18-10-13(20-14)12-7-5-4-6-8-12/h4-8,10H,3,9,11,17H2,1-2H3,(H,18,20)(H,19,21). The Morgan fingerprint density at radius 1 is 1.38 bits per heavy atom. The highest BCUT2D eigenvalue weighted by Gasteiger charge is 2.26. The van der Waals surface area contributed by atoms with Gasteiger partial charge in [-0.2, -0.15) is 0 Å². The Labute approximate surface area is 125 Å². The number of carbonyl (C=O) groups excluding carboxylic acids is 1. The van der Waals surface area contributed by atoms with Crippen LogP contribution in [0.1, 0.15) is 32.5 Å². The van der Waals surface area contributed by atoms with Crippen LogP contribution in [-0.4, -0.2) is 21.4 Å². The molecule has 1 amide bonds. The number of carbonyl (C=O) groups is 1. The molecule has 0 aliphatic carbocycles. The average molecular weight is 286 g/mol. The number of hydrogen-bond acceptors (Lipinski definition) is 3. The third-order valence-electron chi connectivity index (χ3n) is 3.42. The first-order chi connectivity index (χ1) is 10.0. The molecule has 0 radical (unpaired) electrons. The second-order valence-corrected chi connectivity index (χ2v) is 5.46. The molecule has 0 aliphatic heterocycles. The number of rotatable bonds is 6. The lowest BCUT2D eigenvalue weighted by Gasteiger charge is -2.22. The minimum atomic E-state index is -0.830. The molecule has 112 valence electrons. The smallest absolute Gasteiger partial charge is 0.240 e. The van der Waals surface area contributed by atoms with Crippen molar-refractivity contribution in [1.82, 2.24) is 15.3 Å². The molecule has 4 N–H and O–H groups in total. The number of nitrogens with two attached hydrogens (primary N) is 1. The Hall–Kier alpha value is -2.14. The highest BCUT2D eigenvalue weighted by Crippen LogP contribution is 2.16. The van der Waals surface area contributed by atoms with Crippen molar-refractivity contribution in [2.75, 3.05) is 0 Å². The number of benzene rings is 1. The maximum Gasteiger partial charge on any atom is 0.240 e. The number of nitrogens with one attached hydrogen (secondary N) is 2. The van der Waals surface area contributed by atoms with Gasteiger partial charge in [-0.3, -0.25) is 4.79 Å². The minimum Gasteiger partial charge on any atom is -0.347 e. The SMILES string of the molecule is CCCC(C)(N)C(=O)NCc1ncc(-c2ccccc2)[nH]1. The maximum atomic E-state index is 12.0. The molecule has 0 saturated carbocycles. The van der Waals surface area contributed by atoms with E-state index in [1.807, 2.05) is 37.3 Å². The number of hydrogen-bond donors (Lipinski definition) is 3. The van der Waals surface area contributed by atoms with Crippen LogP contribution in [0, 0.1) is 0 Å². The van der Waals surface area contributed by atoms with E-state index in [9.17, 15) is 4.79 Å². The van der Waals surface area contributed by atoms with E-state index < -0.39 is 5.54 Å². The van der Waals surface area contributed by atoms with Crippen molar-refractivity contribution in [3.05, 3.63) is 42.4 Å². The summed E-state index contributed by atoms with van der Waals surface area (Å²) in [7, 11) is 0. The third-order valence-corrected chi connectivity index (χ3v) is 3.42. The van der Waals surface area contributed by atoms with E-state index in [1.54, 1.807) is 13.1 Å². The van der Waals surface area contributed by atoms with E-state index in [-0.39, 0.29) is 5.91 Å². The fraction of sp³-hybridized carbons (Fsp3) is 0.375. The lowest BCUT2D eigenvalue weighted by atomic mass is 9.97. The van der Waals surface area contributed by atoms with E-state index >= 15 is 0 Å². The summed E-state index contributed by atoms with van der Waals surface area (Å²) in [6.45, 7) is 4.11. The van der Waals surface area contributed by atoms with Gasteiger partial charge in [0, 0.05) is 0 Å². The summed E-state index contributed by atoms with van der Waals surface area (Å²) in [4.78, 5) is 19.5. The van der Waals surface area contributed by atoms with Crippen molar-refractivity contribution < 1.29 is 4.79 Å². The molecule has 2 rings (SSSR count). The van der Waals surface area contributed by atoms with Crippen LogP contribution in [-0.2, 0) is 11.3 Å². The Balaban J connectivity index is 1.96. The summed E-state index contributed by atoms with van der Waals surface area (Å²) < 4.78 is 0. The zero-order chi connectivity index (χ0) is 15.3. The first-order valence-corrected chi connectivity index (χ1v) is 7.19. The number of amides is 1. The fourth-order valence-corrected chi connectivity index (χ4v) is 2.22. The quantitative estimate of drug-likeness (QED) is 0.761. The van der Waals surface area contributed by atoms with Gasteiger partial charge in [-0.15, -0.1) is 0 Å². The summed E-state index contributed by atoms with van der Waals surface area (Å²) in [5.41, 5.74) is 7.16. The van der Waals surface area contributed by atoms with E-state index in [2.05, 4.69) is 15.3 Å². The van der Waals surface area contributed by atoms with E-state index in [0.29, 0.717) is 13.0 Å². The summed E-state index contributed by atoms with van der Waals surface area (Å²) in [5, 5.41) is 2.83. The van der Waals surface area contributed by atoms with Gasteiger partial charge in [0.25, 0.3) is 0 Å². The first kappa shape index (κ1) is 15.3. The van der Waals surface area contributed by atoms with Gasteiger partial charge >= 0.3 is 0 Å². The molecule has 2 aromatic rings. The molecule has 1 aromatic heterocycles. The molecule has 0 fully saturated rings. The van der Waals surface area contributed by atoms with Crippen LogP contribution in [0.15, 0.2) is 36.5 Å². The van der Waals surface area contributed by atoms with E-state index in [4.69, 9.17) is 5.73 Å². The molecule has 0 spiro atoms. The van der Waals surface area contributed by atoms with Gasteiger partial charge < -0.3 is 16.0 Å². The van der Waals surface area contributed by atoms with Crippen LogP contribution in [0.5, 0.6) is 0 Å². The van der Waals surface area contributed by atoms with Gasteiger partial charge in [0.2, 0.25) is 5.91 Å². The summed E-state index contributed by atoms with van der Waals surface area (Å²) in [6.07, 6.45) is 3.30. The zero-order valence-electron chi connectivity index (χ0n) is 12.5. The lowest BCUT2D eigenvalue weighted by Crippen LogP contribution is -2.51. The topological polar surface area (TPSA) is 83.8 Å². The van der Waals surface area contributed by atoms with Crippen molar-refractivity contribution in [1.29, 1.82) is 0 Å². The van der Waals surface area contributed by atoms with Gasteiger partial charge in [-0.1, -0.05) is 43.7 Å². The number of nitrogens with zero attached hydrogens (tertiary/aromatic N) is 1. The van der Waals surface area contributed by atoms with Crippen molar-refractivity contribution in [3.8, 4) is 11.3 Å². The molecule has 1 aromatic carbocycles.